The second kappa shape index (κ2) is 10.3. The molecule has 0 N–H and O–H groups in total. The molecule has 7 aromatic rings. The summed E-state index contributed by atoms with van der Waals surface area (Å²) in [5.74, 6) is 0. The van der Waals surface area contributed by atoms with Gasteiger partial charge in [-0.2, -0.15) is 0 Å². The number of hydrogen-bond acceptors (Lipinski definition) is 2. The third-order valence-corrected chi connectivity index (χ3v) is 10.5. The van der Waals surface area contributed by atoms with Crippen LogP contribution in [0.5, 0.6) is 0 Å². The molecule has 9 rings (SSSR count). The summed E-state index contributed by atoms with van der Waals surface area (Å²) in [5, 5.41) is 8.25. The Kier molecular flexibility index (Phi) is 5.95. The molecule has 208 valence electrons. The van der Waals surface area contributed by atoms with Crippen LogP contribution >= 0.6 is 11.8 Å². The monoisotopic (exact) mass is 579 g/mol. The molecule has 0 bridgehead atoms. The van der Waals surface area contributed by atoms with Crippen molar-refractivity contribution in [3.8, 4) is 11.1 Å². The first-order chi connectivity index (χ1) is 21.8. The summed E-state index contributed by atoms with van der Waals surface area (Å²) in [7, 11) is 0. The maximum absolute atomic E-state index is 2.43. The molecule has 0 saturated heterocycles. The summed E-state index contributed by atoms with van der Waals surface area (Å²) in [6.45, 7) is 0. The minimum atomic E-state index is 0.495. The zero-order valence-corrected chi connectivity index (χ0v) is 25.0. The fourth-order valence-electron chi connectivity index (χ4n) is 7.12. The van der Waals surface area contributed by atoms with Crippen molar-refractivity contribution >= 4 is 66.7 Å². The van der Waals surface area contributed by atoms with Crippen LogP contribution in [0.25, 0.3) is 49.0 Å². The maximum Gasteiger partial charge on any atom is 0.0548 e. The van der Waals surface area contributed by atoms with E-state index in [4.69, 9.17) is 0 Å². The third-order valence-electron chi connectivity index (χ3n) is 9.13. The van der Waals surface area contributed by atoms with Crippen LogP contribution in [0.3, 0.4) is 0 Å². The van der Waals surface area contributed by atoms with Crippen LogP contribution in [0, 0.1) is 0 Å². The number of fused-ring (bicyclic) bond motifs is 8. The molecule has 0 aromatic heterocycles. The van der Waals surface area contributed by atoms with Crippen molar-refractivity contribution in [1.29, 1.82) is 0 Å². The number of hydrogen-bond donors (Lipinski definition) is 0. The van der Waals surface area contributed by atoms with Crippen molar-refractivity contribution in [2.24, 2.45) is 0 Å². The van der Waals surface area contributed by atoms with E-state index in [1.54, 1.807) is 0 Å². The number of allylic oxidation sites excluding steroid dienone is 3. The largest absolute Gasteiger partial charge is 0.310 e. The van der Waals surface area contributed by atoms with Crippen LogP contribution < -0.4 is 4.90 Å². The normalized spacial score (nSPS) is 15.4. The van der Waals surface area contributed by atoms with Crippen LogP contribution in [0.4, 0.5) is 17.1 Å². The predicted molar refractivity (Wildman–Crippen MR) is 190 cm³/mol. The molecule has 0 saturated carbocycles. The lowest BCUT2D eigenvalue weighted by Gasteiger charge is -2.28. The second-order valence-electron chi connectivity index (χ2n) is 11.6. The highest BCUT2D eigenvalue weighted by Gasteiger charge is 2.32. The molecule has 1 aliphatic carbocycles. The van der Waals surface area contributed by atoms with E-state index in [-0.39, 0.29) is 0 Å². The van der Waals surface area contributed by atoms with Gasteiger partial charge in [-0.1, -0.05) is 121 Å². The van der Waals surface area contributed by atoms with Gasteiger partial charge in [-0.3, -0.25) is 0 Å². The minimum absolute atomic E-state index is 0.495. The zero-order chi connectivity index (χ0) is 29.0. The SMILES string of the molecule is C1=CCC2Sc3cccc(N(c4ccccc4)c4ccc(-c5cccc6ccc7c8ccccc8ccc7c56)cc4)c3C2=C1. The van der Waals surface area contributed by atoms with Crippen LogP contribution in [0.1, 0.15) is 12.0 Å². The highest BCUT2D eigenvalue weighted by atomic mass is 32.2. The van der Waals surface area contributed by atoms with E-state index in [2.05, 4.69) is 163 Å². The number of rotatable bonds is 4. The van der Waals surface area contributed by atoms with Crippen molar-refractivity contribution in [3.05, 3.63) is 163 Å². The Hall–Kier alpha value is -5.05. The Morgan fingerprint density at radius 1 is 0.568 bits per heavy atom. The minimum Gasteiger partial charge on any atom is -0.310 e. The van der Waals surface area contributed by atoms with Gasteiger partial charge in [-0.15, -0.1) is 11.8 Å². The van der Waals surface area contributed by atoms with Crippen molar-refractivity contribution in [2.45, 2.75) is 16.6 Å². The van der Waals surface area contributed by atoms with E-state index >= 15 is 0 Å². The fourth-order valence-corrected chi connectivity index (χ4v) is 8.46. The number of thioether (sulfide) groups is 1. The average Bonchev–Trinajstić information content (AvgIpc) is 3.48. The van der Waals surface area contributed by atoms with Crippen molar-refractivity contribution < 1.29 is 0 Å². The van der Waals surface area contributed by atoms with E-state index in [1.165, 1.54) is 65.2 Å². The third kappa shape index (κ3) is 4.02. The smallest absolute Gasteiger partial charge is 0.0548 e. The van der Waals surface area contributed by atoms with Gasteiger partial charge in [0.05, 0.1) is 5.69 Å². The molecular formula is C42H29NS. The maximum atomic E-state index is 2.43. The van der Waals surface area contributed by atoms with Gasteiger partial charge in [0.2, 0.25) is 0 Å². The van der Waals surface area contributed by atoms with Crippen molar-refractivity contribution in [1.82, 2.24) is 0 Å². The second-order valence-corrected chi connectivity index (χ2v) is 12.9. The summed E-state index contributed by atoms with van der Waals surface area (Å²) in [5.41, 5.74) is 8.86. The van der Waals surface area contributed by atoms with Crippen LogP contribution in [-0.4, -0.2) is 5.25 Å². The molecule has 2 heteroatoms. The van der Waals surface area contributed by atoms with Gasteiger partial charge in [-0.25, -0.2) is 0 Å². The molecule has 0 radical (unpaired) electrons. The molecular weight excluding hydrogens is 551 g/mol. The lowest BCUT2D eigenvalue weighted by Crippen LogP contribution is -2.12. The van der Waals surface area contributed by atoms with E-state index < -0.39 is 0 Å². The van der Waals surface area contributed by atoms with E-state index in [0.29, 0.717) is 5.25 Å². The average molecular weight is 580 g/mol. The van der Waals surface area contributed by atoms with Gasteiger partial charge < -0.3 is 4.90 Å². The van der Waals surface area contributed by atoms with Gasteiger partial charge in [-0.05, 0) is 91.8 Å². The van der Waals surface area contributed by atoms with Gasteiger partial charge in [0, 0.05) is 27.1 Å². The molecule has 44 heavy (non-hydrogen) atoms. The van der Waals surface area contributed by atoms with Gasteiger partial charge in [0.15, 0.2) is 0 Å². The summed E-state index contributed by atoms with van der Waals surface area (Å²) in [6.07, 6.45) is 7.91. The predicted octanol–water partition coefficient (Wildman–Crippen LogP) is 12.1. The Balaban J connectivity index is 1.20. The molecule has 0 spiro atoms. The zero-order valence-electron chi connectivity index (χ0n) is 24.2. The van der Waals surface area contributed by atoms with E-state index in [1.807, 2.05) is 11.8 Å². The Labute approximate surface area is 261 Å². The number of para-hydroxylation sites is 1. The summed E-state index contributed by atoms with van der Waals surface area (Å²) in [4.78, 5) is 3.80. The van der Waals surface area contributed by atoms with Gasteiger partial charge >= 0.3 is 0 Å². The molecule has 2 aliphatic rings. The Morgan fingerprint density at radius 3 is 2.23 bits per heavy atom. The van der Waals surface area contributed by atoms with Gasteiger partial charge in [0.1, 0.15) is 0 Å². The molecule has 1 unspecified atom stereocenters. The Morgan fingerprint density at radius 2 is 1.32 bits per heavy atom. The molecule has 0 fully saturated rings. The lowest BCUT2D eigenvalue weighted by atomic mass is 9.91. The van der Waals surface area contributed by atoms with Gasteiger partial charge in [0.25, 0.3) is 0 Å². The molecule has 1 heterocycles. The lowest BCUT2D eigenvalue weighted by molar-refractivity contribution is 1.09. The van der Waals surface area contributed by atoms with Crippen LogP contribution in [0.15, 0.2) is 163 Å². The first-order valence-corrected chi connectivity index (χ1v) is 16.2. The van der Waals surface area contributed by atoms with E-state index in [9.17, 15) is 0 Å². The first-order valence-electron chi connectivity index (χ1n) is 15.3. The summed E-state index contributed by atoms with van der Waals surface area (Å²) < 4.78 is 0. The van der Waals surface area contributed by atoms with E-state index in [0.717, 1.165) is 17.8 Å². The molecule has 1 aliphatic heterocycles. The first kappa shape index (κ1) is 25.4. The topological polar surface area (TPSA) is 3.24 Å². The van der Waals surface area contributed by atoms with Crippen molar-refractivity contribution in [2.75, 3.05) is 4.90 Å². The Bertz CT molecular complexity index is 2280. The molecule has 0 amide bonds. The number of anilines is 3. The number of benzene rings is 7. The molecule has 1 atom stereocenters. The molecule has 7 aromatic carbocycles. The quantitative estimate of drug-likeness (QED) is 0.191. The molecule has 1 nitrogen and oxygen atoms in total. The standard InChI is InChI=1S/C42H29NS/c1-2-12-31(13-3-1)43(38-17-9-19-40-42(38)37-15-6-7-18-39(37)44-40)32-24-20-29(21-25-32)34-16-8-11-30-23-26-35-33-14-5-4-10-28(33)22-27-36(35)41(30)34/h1-17,19-27,39H,18H2. The number of nitrogens with zero attached hydrogens (tertiary/aromatic N) is 1. The summed E-state index contributed by atoms with van der Waals surface area (Å²) >= 11 is 2.00. The fraction of sp³-hybridized carbons (Fsp3) is 0.0476. The van der Waals surface area contributed by atoms with Crippen molar-refractivity contribution in [3.63, 3.8) is 0 Å². The highest BCUT2D eigenvalue weighted by Crippen LogP contribution is 2.53. The van der Waals surface area contributed by atoms with Crippen LogP contribution in [0.2, 0.25) is 0 Å². The highest BCUT2D eigenvalue weighted by molar-refractivity contribution is 8.00. The van der Waals surface area contributed by atoms with Crippen LogP contribution in [-0.2, 0) is 0 Å². The summed E-state index contributed by atoms with van der Waals surface area (Å²) in [6, 6.07) is 51.2.